The Hall–Kier alpha value is -2.54. The number of benzene rings is 2. The van der Waals surface area contributed by atoms with Gasteiger partial charge in [0.25, 0.3) is 0 Å². The maximum Gasteiger partial charge on any atom is 0.247 e. The molecule has 1 atom stereocenters. The van der Waals surface area contributed by atoms with Crippen molar-refractivity contribution in [1.29, 1.82) is 0 Å². The van der Waals surface area contributed by atoms with Gasteiger partial charge in [0.05, 0.1) is 32.2 Å². The van der Waals surface area contributed by atoms with E-state index < -0.39 is 10.0 Å². The van der Waals surface area contributed by atoms with Crippen molar-refractivity contribution in [2.45, 2.75) is 25.8 Å². The first-order valence-electron chi connectivity index (χ1n) is 8.75. The van der Waals surface area contributed by atoms with Crippen LogP contribution in [0.2, 0.25) is 0 Å². The smallest absolute Gasteiger partial charge is 0.247 e. The number of hydrogen-bond acceptors (Lipinski definition) is 5. The molecule has 2 aromatic carbocycles. The molecule has 1 unspecified atom stereocenters. The third-order valence-electron chi connectivity index (χ3n) is 4.70. The lowest BCUT2D eigenvalue weighted by molar-refractivity contribution is 0.355. The highest BCUT2D eigenvalue weighted by atomic mass is 32.2. The van der Waals surface area contributed by atoms with Gasteiger partial charge in [0.1, 0.15) is 0 Å². The Balaban J connectivity index is 1.98. The zero-order chi connectivity index (χ0) is 19.6. The molecule has 27 heavy (non-hydrogen) atoms. The Morgan fingerprint density at radius 1 is 1.07 bits per heavy atom. The number of aryl methyl sites for hydroxylation is 1. The van der Waals surface area contributed by atoms with Crippen LogP contribution in [0.4, 0.5) is 0 Å². The molecule has 2 aromatic rings. The van der Waals surface area contributed by atoms with E-state index in [1.807, 2.05) is 36.4 Å². The summed E-state index contributed by atoms with van der Waals surface area (Å²) < 4.78 is 36.5. The summed E-state index contributed by atoms with van der Waals surface area (Å²) in [5.74, 6) is 1.20. The van der Waals surface area contributed by atoms with Crippen LogP contribution in [0, 0.1) is 0 Å². The molecule has 0 aromatic heterocycles. The molecule has 0 fully saturated rings. The zero-order valence-corrected chi connectivity index (χ0v) is 16.8. The molecular formula is C20H24N2O4S. The van der Waals surface area contributed by atoms with E-state index in [1.165, 1.54) is 16.2 Å². The van der Waals surface area contributed by atoms with E-state index in [0.29, 0.717) is 23.6 Å². The second-order valence-corrected chi connectivity index (χ2v) is 8.31. The third-order valence-corrected chi connectivity index (χ3v) is 5.72. The lowest BCUT2D eigenvalue weighted by Gasteiger charge is -2.21. The van der Waals surface area contributed by atoms with Gasteiger partial charge in [-0.15, -0.1) is 0 Å². The lowest BCUT2D eigenvalue weighted by atomic mass is 9.98. The Labute approximate surface area is 160 Å². The molecule has 0 saturated carbocycles. The van der Waals surface area contributed by atoms with E-state index in [2.05, 4.69) is 12.0 Å². The maximum absolute atomic E-state index is 12.3. The van der Waals surface area contributed by atoms with Crippen LogP contribution in [0.3, 0.4) is 0 Å². The second kappa shape index (κ2) is 7.60. The first-order chi connectivity index (χ1) is 12.9. The van der Waals surface area contributed by atoms with Gasteiger partial charge < -0.3 is 9.47 Å². The van der Waals surface area contributed by atoms with Gasteiger partial charge in [0.15, 0.2) is 11.5 Å². The van der Waals surface area contributed by atoms with Crippen molar-refractivity contribution < 1.29 is 17.9 Å². The highest BCUT2D eigenvalue weighted by molar-refractivity contribution is 7.88. The normalized spacial score (nSPS) is 17.0. The van der Waals surface area contributed by atoms with Crippen LogP contribution >= 0.6 is 0 Å². The fourth-order valence-electron chi connectivity index (χ4n) is 3.21. The molecule has 0 spiro atoms. The number of nitrogens with zero attached hydrogens (tertiary/aromatic N) is 2. The fourth-order valence-corrected chi connectivity index (χ4v) is 4.11. The van der Waals surface area contributed by atoms with Crippen molar-refractivity contribution in [3.8, 4) is 11.5 Å². The molecule has 6 nitrogen and oxygen atoms in total. The number of sulfonamides is 1. The standard InChI is InChI=1S/C20H24N2O4S/c1-5-14-6-8-15(9-7-14)18-13-17(21-22(18)27(4,23)24)16-10-11-19(25-2)20(12-16)26-3/h6-12,18H,5,13H2,1-4H3. The fraction of sp³-hybridized carbons (Fsp3) is 0.350. The average molecular weight is 388 g/mol. The van der Waals surface area contributed by atoms with Crippen LogP contribution in [0.25, 0.3) is 0 Å². The summed E-state index contributed by atoms with van der Waals surface area (Å²) >= 11 is 0. The number of rotatable bonds is 6. The van der Waals surface area contributed by atoms with Crippen LogP contribution in [0.1, 0.15) is 36.1 Å². The van der Waals surface area contributed by atoms with E-state index >= 15 is 0 Å². The molecule has 3 rings (SSSR count). The van der Waals surface area contributed by atoms with Gasteiger partial charge in [0.2, 0.25) is 10.0 Å². The summed E-state index contributed by atoms with van der Waals surface area (Å²) in [4.78, 5) is 0. The first-order valence-corrected chi connectivity index (χ1v) is 10.6. The molecule has 1 heterocycles. The number of ether oxygens (including phenoxy) is 2. The van der Waals surface area contributed by atoms with Crippen molar-refractivity contribution in [2.24, 2.45) is 5.10 Å². The monoisotopic (exact) mass is 388 g/mol. The van der Waals surface area contributed by atoms with E-state index in [1.54, 1.807) is 20.3 Å². The number of hydrazone groups is 1. The van der Waals surface area contributed by atoms with Gasteiger partial charge in [-0.2, -0.15) is 9.52 Å². The summed E-state index contributed by atoms with van der Waals surface area (Å²) in [5.41, 5.74) is 3.65. The molecule has 7 heteroatoms. The zero-order valence-electron chi connectivity index (χ0n) is 16.0. The molecule has 0 bridgehead atoms. The van der Waals surface area contributed by atoms with Crippen LogP contribution in [0.5, 0.6) is 11.5 Å². The Morgan fingerprint density at radius 3 is 2.30 bits per heavy atom. The molecule has 1 aliphatic heterocycles. The lowest BCUT2D eigenvalue weighted by Crippen LogP contribution is -2.25. The summed E-state index contributed by atoms with van der Waals surface area (Å²) in [6.07, 6.45) is 2.61. The van der Waals surface area contributed by atoms with Gasteiger partial charge in [0, 0.05) is 12.0 Å². The van der Waals surface area contributed by atoms with E-state index in [-0.39, 0.29) is 6.04 Å². The first kappa shape index (κ1) is 19.2. The minimum atomic E-state index is -3.50. The molecule has 0 radical (unpaired) electrons. The van der Waals surface area contributed by atoms with Crippen molar-refractivity contribution in [3.63, 3.8) is 0 Å². The van der Waals surface area contributed by atoms with Crippen molar-refractivity contribution in [2.75, 3.05) is 20.5 Å². The van der Waals surface area contributed by atoms with Crippen molar-refractivity contribution >= 4 is 15.7 Å². The quantitative estimate of drug-likeness (QED) is 0.761. The Morgan fingerprint density at radius 2 is 1.74 bits per heavy atom. The largest absolute Gasteiger partial charge is 0.493 e. The molecule has 144 valence electrons. The summed E-state index contributed by atoms with van der Waals surface area (Å²) in [7, 11) is -0.351. The Bertz CT molecular complexity index is 952. The van der Waals surface area contributed by atoms with Crippen molar-refractivity contribution in [3.05, 3.63) is 59.2 Å². The van der Waals surface area contributed by atoms with Gasteiger partial charge in [-0.3, -0.25) is 0 Å². The summed E-state index contributed by atoms with van der Waals surface area (Å²) in [5, 5.41) is 4.43. The highest BCUT2D eigenvalue weighted by Crippen LogP contribution is 2.36. The average Bonchev–Trinajstić information content (AvgIpc) is 3.13. The predicted molar refractivity (Wildman–Crippen MR) is 106 cm³/mol. The second-order valence-electron chi connectivity index (χ2n) is 6.47. The highest BCUT2D eigenvalue weighted by Gasteiger charge is 2.34. The van der Waals surface area contributed by atoms with Crippen LogP contribution in [-0.4, -0.2) is 39.0 Å². The van der Waals surface area contributed by atoms with Crippen LogP contribution in [0.15, 0.2) is 47.6 Å². The summed E-state index contributed by atoms with van der Waals surface area (Å²) in [6.45, 7) is 2.09. The molecule has 0 amide bonds. The maximum atomic E-state index is 12.3. The Kier molecular flexibility index (Phi) is 5.41. The van der Waals surface area contributed by atoms with E-state index in [9.17, 15) is 8.42 Å². The van der Waals surface area contributed by atoms with Gasteiger partial charge in [-0.25, -0.2) is 8.42 Å². The van der Waals surface area contributed by atoms with Crippen molar-refractivity contribution in [1.82, 2.24) is 4.41 Å². The van der Waals surface area contributed by atoms with Crippen LogP contribution < -0.4 is 9.47 Å². The van der Waals surface area contributed by atoms with Gasteiger partial charge >= 0.3 is 0 Å². The number of hydrogen-bond donors (Lipinski definition) is 0. The van der Waals surface area contributed by atoms with E-state index in [0.717, 1.165) is 17.5 Å². The van der Waals surface area contributed by atoms with Crippen LogP contribution in [-0.2, 0) is 16.4 Å². The molecule has 0 aliphatic carbocycles. The molecule has 0 saturated heterocycles. The number of methoxy groups -OCH3 is 2. The minimum Gasteiger partial charge on any atom is -0.493 e. The third kappa shape index (κ3) is 3.93. The van der Waals surface area contributed by atoms with Gasteiger partial charge in [-0.1, -0.05) is 31.2 Å². The minimum absolute atomic E-state index is 0.353. The predicted octanol–water partition coefficient (Wildman–Crippen LogP) is 3.38. The molecular weight excluding hydrogens is 364 g/mol. The van der Waals surface area contributed by atoms with Gasteiger partial charge in [-0.05, 0) is 35.7 Å². The summed E-state index contributed by atoms with van der Waals surface area (Å²) in [6, 6.07) is 13.2. The topological polar surface area (TPSA) is 68.2 Å². The van der Waals surface area contributed by atoms with E-state index in [4.69, 9.17) is 9.47 Å². The SMILES string of the molecule is CCc1ccc(C2CC(c3ccc(OC)c(OC)c3)=NN2S(C)(=O)=O)cc1. The molecule has 1 aliphatic rings. The molecule has 0 N–H and O–H groups in total.